The highest BCUT2D eigenvalue weighted by Crippen LogP contribution is 2.40. The van der Waals surface area contributed by atoms with Gasteiger partial charge in [0.1, 0.15) is 0 Å². The molecule has 1 aromatic carbocycles. The molecule has 0 bridgehead atoms. The lowest BCUT2D eigenvalue weighted by Gasteiger charge is -2.35. The molecule has 1 nitrogen and oxygen atoms in total. The summed E-state index contributed by atoms with van der Waals surface area (Å²) in [5.41, 5.74) is 9.27. The zero-order valence-corrected chi connectivity index (χ0v) is 14.3. The molecule has 1 heteroatoms. The molecular formula is C20H30O. The summed E-state index contributed by atoms with van der Waals surface area (Å²) in [6, 6.07) is 2.48. The van der Waals surface area contributed by atoms with Crippen molar-refractivity contribution in [3.8, 4) is 0 Å². The maximum atomic E-state index is 8.98. The van der Waals surface area contributed by atoms with E-state index in [0.29, 0.717) is 5.41 Å². The summed E-state index contributed by atoms with van der Waals surface area (Å²) in [5.74, 6) is 0. The van der Waals surface area contributed by atoms with Gasteiger partial charge in [0.15, 0.2) is 0 Å². The van der Waals surface area contributed by atoms with Gasteiger partial charge < -0.3 is 5.11 Å². The number of benzene rings is 1. The molecule has 0 fully saturated rings. The zero-order valence-electron chi connectivity index (χ0n) is 14.3. The molecule has 0 amide bonds. The number of hydrogen-bond donors (Lipinski definition) is 1. The van der Waals surface area contributed by atoms with Crippen molar-refractivity contribution < 1.29 is 5.11 Å². The van der Waals surface area contributed by atoms with E-state index in [-0.39, 0.29) is 6.61 Å². The Morgan fingerprint density at radius 3 is 2.67 bits per heavy atom. The van der Waals surface area contributed by atoms with E-state index < -0.39 is 0 Å². The molecule has 21 heavy (non-hydrogen) atoms. The second-order valence-electron chi connectivity index (χ2n) is 7.28. The molecule has 1 aliphatic rings. The van der Waals surface area contributed by atoms with Crippen LogP contribution in [0, 0.1) is 13.8 Å². The van der Waals surface area contributed by atoms with E-state index in [2.05, 4.69) is 40.7 Å². The van der Waals surface area contributed by atoms with Gasteiger partial charge in [0.2, 0.25) is 0 Å². The molecule has 0 heterocycles. The molecule has 0 spiro atoms. The maximum absolute atomic E-state index is 8.98. The lowest BCUT2D eigenvalue weighted by Crippen LogP contribution is -2.25. The fraction of sp³-hybridized carbons (Fsp3) is 0.600. The van der Waals surface area contributed by atoms with Gasteiger partial charge in [-0.3, -0.25) is 0 Å². The van der Waals surface area contributed by atoms with Gasteiger partial charge in [0.25, 0.3) is 0 Å². The van der Waals surface area contributed by atoms with Crippen LogP contribution in [0.3, 0.4) is 0 Å². The van der Waals surface area contributed by atoms with E-state index in [0.717, 1.165) is 12.8 Å². The first-order chi connectivity index (χ1) is 9.86. The molecule has 1 N–H and O–H groups in total. The Hall–Kier alpha value is -1.08. The second kappa shape index (κ2) is 6.36. The summed E-state index contributed by atoms with van der Waals surface area (Å²) >= 11 is 0. The summed E-state index contributed by atoms with van der Waals surface area (Å²) < 4.78 is 0. The van der Waals surface area contributed by atoms with Crippen molar-refractivity contribution in [2.75, 3.05) is 6.61 Å². The SMILES string of the molecule is C/C(=C\CO)CCc1cc2c(c(C)c1C)CCCC2(C)C. The third-order valence-electron chi connectivity index (χ3n) is 5.33. The van der Waals surface area contributed by atoms with Gasteiger partial charge in [0, 0.05) is 0 Å². The van der Waals surface area contributed by atoms with E-state index in [9.17, 15) is 0 Å². The summed E-state index contributed by atoms with van der Waals surface area (Å²) in [4.78, 5) is 0. The summed E-state index contributed by atoms with van der Waals surface area (Å²) in [6.07, 6.45) is 7.90. The number of aliphatic hydroxyl groups excluding tert-OH is 1. The Balaban J connectivity index is 2.35. The molecule has 0 atom stereocenters. The Labute approximate surface area is 130 Å². The molecule has 1 aliphatic carbocycles. The smallest absolute Gasteiger partial charge is 0.0614 e. The average molecular weight is 286 g/mol. The molecule has 0 unspecified atom stereocenters. The molecule has 0 saturated heterocycles. The van der Waals surface area contributed by atoms with Gasteiger partial charge in [-0.1, -0.05) is 31.6 Å². The van der Waals surface area contributed by atoms with E-state index in [4.69, 9.17) is 5.11 Å². The molecule has 0 saturated carbocycles. The minimum absolute atomic E-state index is 0.154. The monoisotopic (exact) mass is 286 g/mol. The molecule has 0 aromatic heterocycles. The summed E-state index contributed by atoms with van der Waals surface area (Å²) in [5, 5.41) is 8.98. The van der Waals surface area contributed by atoms with Crippen LogP contribution in [0.4, 0.5) is 0 Å². The highest BCUT2D eigenvalue weighted by Gasteiger charge is 2.29. The molecule has 116 valence electrons. The Bertz CT molecular complexity index is 549. The zero-order chi connectivity index (χ0) is 15.6. The van der Waals surface area contributed by atoms with Crippen LogP contribution in [-0.2, 0) is 18.3 Å². The number of rotatable bonds is 4. The van der Waals surface area contributed by atoms with Gasteiger partial charge in [-0.25, -0.2) is 0 Å². The van der Waals surface area contributed by atoms with Crippen molar-refractivity contribution in [1.82, 2.24) is 0 Å². The molecule has 1 aromatic rings. The Kier molecular flexibility index (Phi) is 4.93. The van der Waals surface area contributed by atoms with Crippen LogP contribution in [-0.4, -0.2) is 11.7 Å². The van der Waals surface area contributed by atoms with Crippen LogP contribution >= 0.6 is 0 Å². The minimum Gasteiger partial charge on any atom is -0.392 e. The van der Waals surface area contributed by atoms with Crippen LogP contribution in [0.1, 0.15) is 67.9 Å². The predicted octanol–water partition coefficient (Wildman–Crippen LogP) is 4.79. The van der Waals surface area contributed by atoms with E-state index >= 15 is 0 Å². The van der Waals surface area contributed by atoms with Crippen LogP contribution in [0.5, 0.6) is 0 Å². The largest absolute Gasteiger partial charge is 0.392 e. The lowest BCUT2D eigenvalue weighted by atomic mass is 9.70. The lowest BCUT2D eigenvalue weighted by molar-refractivity contribution is 0.341. The fourth-order valence-corrected chi connectivity index (χ4v) is 3.66. The van der Waals surface area contributed by atoms with Gasteiger partial charge in [-0.2, -0.15) is 0 Å². The molecule has 2 rings (SSSR count). The van der Waals surface area contributed by atoms with Crippen LogP contribution in [0.15, 0.2) is 17.7 Å². The molecule has 0 aliphatic heterocycles. The third kappa shape index (κ3) is 3.40. The first kappa shape index (κ1) is 16.3. The van der Waals surface area contributed by atoms with Crippen molar-refractivity contribution in [3.05, 3.63) is 45.5 Å². The summed E-state index contributed by atoms with van der Waals surface area (Å²) in [6.45, 7) is 11.6. The van der Waals surface area contributed by atoms with E-state index in [1.54, 1.807) is 11.1 Å². The number of allylic oxidation sites excluding steroid dienone is 1. The van der Waals surface area contributed by atoms with Crippen molar-refractivity contribution in [3.63, 3.8) is 0 Å². The Morgan fingerprint density at radius 1 is 1.29 bits per heavy atom. The highest BCUT2D eigenvalue weighted by atomic mass is 16.2. The minimum atomic E-state index is 0.154. The van der Waals surface area contributed by atoms with Crippen LogP contribution in [0.25, 0.3) is 0 Å². The van der Waals surface area contributed by atoms with Crippen molar-refractivity contribution in [2.45, 2.75) is 72.1 Å². The number of aryl methyl sites for hydroxylation is 1. The average Bonchev–Trinajstić information content (AvgIpc) is 2.42. The van der Waals surface area contributed by atoms with Crippen molar-refractivity contribution in [1.29, 1.82) is 0 Å². The Morgan fingerprint density at radius 2 is 2.00 bits per heavy atom. The molecule has 0 radical (unpaired) electrons. The quantitative estimate of drug-likeness (QED) is 0.789. The summed E-state index contributed by atoms with van der Waals surface area (Å²) in [7, 11) is 0. The van der Waals surface area contributed by atoms with Crippen LogP contribution in [0.2, 0.25) is 0 Å². The van der Waals surface area contributed by atoms with E-state index in [1.165, 1.54) is 41.5 Å². The topological polar surface area (TPSA) is 20.2 Å². The third-order valence-corrected chi connectivity index (χ3v) is 5.33. The predicted molar refractivity (Wildman–Crippen MR) is 91.0 cm³/mol. The van der Waals surface area contributed by atoms with Gasteiger partial charge in [-0.05, 0) is 86.1 Å². The standard InChI is InChI=1S/C20H30O/c1-14(10-12-21)8-9-17-13-19-18(16(3)15(17)2)7-6-11-20(19,4)5/h10,13,21H,6-9,11-12H2,1-5H3/b14-10+. The van der Waals surface area contributed by atoms with Crippen molar-refractivity contribution >= 4 is 0 Å². The highest BCUT2D eigenvalue weighted by molar-refractivity contribution is 5.49. The number of fused-ring (bicyclic) bond motifs is 1. The first-order valence-corrected chi connectivity index (χ1v) is 8.25. The van der Waals surface area contributed by atoms with Gasteiger partial charge in [-0.15, -0.1) is 0 Å². The van der Waals surface area contributed by atoms with Crippen LogP contribution < -0.4 is 0 Å². The first-order valence-electron chi connectivity index (χ1n) is 8.25. The normalized spacial score (nSPS) is 17.7. The van der Waals surface area contributed by atoms with Gasteiger partial charge >= 0.3 is 0 Å². The van der Waals surface area contributed by atoms with E-state index in [1.807, 2.05) is 6.08 Å². The number of aliphatic hydroxyl groups is 1. The van der Waals surface area contributed by atoms with Gasteiger partial charge in [0.05, 0.1) is 6.61 Å². The van der Waals surface area contributed by atoms with Crippen molar-refractivity contribution in [2.24, 2.45) is 0 Å². The second-order valence-corrected chi connectivity index (χ2v) is 7.28. The maximum Gasteiger partial charge on any atom is 0.0614 e. The molecular weight excluding hydrogens is 256 g/mol. The fourth-order valence-electron chi connectivity index (χ4n) is 3.66. The number of hydrogen-bond acceptors (Lipinski definition) is 1.